The van der Waals surface area contributed by atoms with Gasteiger partial charge in [-0.3, -0.25) is 0 Å². The molecule has 0 bridgehead atoms. The van der Waals surface area contributed by atoms with Crippen LogP contribution in [0.4, 0.5) is 5.82 Å². The molecule has 5 nitrogen and oxygen atoms in total. The number of aromatic nitrogens is 3. The van der Waals surface area contributed by atoms with E-state index in [1.165, 1.54) is 36.1 Å². The van der Waals surface area contributed by atoms with Gasteiger partial charge in [0.25, 0.3) is 0 Å². The Morgan fingerprint density at radius 2 is 2.04 bits per heavy atom. The van der Waals surface area contributed by atoms with E-state index in [9.17, 15) is 0 Å². The van der Waals surface area contributed by atoms with Crippen LogP contribution >= 0.6 is 0 Å². The summed E-state index contributed by atoms with van der Waals surface area (Å²) in [7, 11) is 0. The molecule has 1 N–H and O–H groups in total. The van der Waals surface area contributed by atoms with Gasteiger partial charge >= 0.3 is 0 Å². The van der Waals surface area contributed by atoms with Crippen LogP contribution in [-0.4, -0.2) is 21.1 Å². The highest BCUT2D eigenvalue weighted by Crippen LogP contribution is 2.27. The Balaban J connectivity index is 1.47. The predicted octanol–water partition coefficient (Wildman–Crippen LogP) is 3.60. The smallest absolute Gasteiger partial charge is 0.213 e. The Morgan fingerprint density at radius 3 is 2.88 bits per heavy atom. The van der Waals surface area contributed by atoms with Crippen molar-refractivity contribution in [2.75, 3.05) is 5.32 Å². The maximum absolute atomic E-state index is 5.89. The molecule has 0 unspecified atom stereocenters. The minimum Gasteiger partial charge on any atom is -0.474 e. The molecule has 4 rings (SSSR count). The fourth-order valence-electron chi connectivity index (χ4n) is 3.33. The molecular formula is C19H24N4O. The third-order valence-corrected chi connectivity index (χ3v) is 4.89. The summed E-state index contributed by atoms with van der Waals surface area (Å²) in [5.41, 5.74) is 3.69. The van der Waals surface area contributed by atoms with Crippen LogP contribution in [0.2, 0.25) is 0 Å². The minimum absolute atomic E-state index is 0.359. The summed E-state index contributed by atoms with van der Waals surface area (Å²) in [6.45, 7) is 2.70. The van der Waals surface area contributed by atoms with Crippen LogP contribution in [0.25, 0.3) is 0 Å². The molecule has 2 aromatic rings. The average molecular weight is 324 g/mol. The second-order valence-corrected chi connectivity index (χ2v) is 6.78. The lowest BCUT2D eigenvalue weighted by atomic mass is 9.96. The SMILES string of the molecule is Cc1nc2c(c(NCc3ccnc(OC4CCC4)c3)n1)CCCC2. The largest absolute Gasteiger partial charge is 0.474 e. The van der Waals surface area contributed by atoms with Crippen molar-refractivity contribution in [3.63, 3.8) is 0 Å². The second kappa shape index (κ2) is 6.75. The van der Waals surface area contributed by atoms with Crippen LogP contribution in [0.1, 0.15) is 54.7 Å². The molecular weight excluding hydrogens is 300 g/mol. The molecule has 2 heterocycles. The van der Waals surface area contributed by atoms with Crippen molar-refractivity contribution >= 4 is 5.82 Å². The van der Waals surface area contributed by atoms with E-state index >= 15 is 0 Å². The number of nitrogens with zero attached hydrogens (tertiary/aromatic N) is 3. The highest BCUT2D eigenvalue weighted by Gasteiger charge is 2.20. The van der Waals surface area contributed by atoms with E-state index in [1.807, 2.05) is 25.3 Å². The van der Waals surface area contributed by atoms with Gasteiger partial charge in [0.15, 0.2) is 0 Å². The topological polar surface area (TPSA) is 59.9 Å². The van der Waals surface area contributed by atoms with E-state index in [1.54, 1.807) is 0 Å². The monoisotopic (exact) mass is 324 g/mol. The van der Waals surface area contributed by atoms with Gasteiger partial charge in [0.05, 0.1) is 0 Å². The van der Waals surface area contributed by atoms with Crippen molar-refractivity contribution in [3.8, 4) is 5.88 Å². The van der Waals surface area contributed by atoms with E-state index < -0.39 is 0 Å². The Kier molecular flexibility index (Phi) is 4.32. The lowest BCUT2D eigenvalue weighted by molar-refractivity contribution is 0.114. The molecule has 0 saturated heterocycles. The second-order valence-electron chi connectivity index (χ2n) is 6.78. The quantitative estimate of drug-likeness (QED) is 0.910. The first kappa shape index (κ1) is 15.4. The zero-order valence-corrected chi connectivity index (χ0v) is 14.2. The van der Waals surface area contributed by atoms with Crippen LogP contribution in [-0.2, 0) is 19.4 Å². The van der Waals surface area contributed by atoms with Crippen molar-refractivity contribution in [2.24, 2.45) is 0 Å². The summed E-state index contributed by atoms with van der Waals surface area (Å²) in [4.78, 5) is 13.6. The van der Waals surface area contributed by atoms with Crippen molar-refractivity contribution in [1.82, 2.24) is 15.0 Å². The maximum atomic E-state index is 5.89. The van der Waals surface area contributed by atoms with Crippen molar-refractivity contribution in [3.05, 3.63) is 41.0 Å². The zero-order valence-electron chi connectivity index (χ0n) is 14.2. The first-order valence-corrected chi connectivity index (χ1v) is 9.00. The van der Waals surface area contributed by atoms with Crippen LogP contribution in [0.5, 0.6) is 5.88 Å². The summed E-state index contributed by atoms with van der Waals surface area (Å²) in [5.74, 6) is 2.58. The lowest BCUT2D eigenvalue weighted by Crippen LogP contribution is -2.25. The molecule has 2 aromatic heterocycles. The number of hydrogen-bond acceptors (Lipinski definition) is 5. The normalized spacial score (nSPS) is 17.0. The molecule has 0 aromatic carbocycles. The zero-order chi connectivity index (χ0) is 16.4. The minimum atomic E-state index is 0.359. The van der Waals surface area contributed by atoms with Gasteiger partial charge in [0.1, 0.15) is 17.7 Å². The van der Waals surface area contributed by atoms with Crippen LogP contribution in [0.3, 0.4) is 0 Å². The molecule has 0 aliphatic heterocycles. The van der Waals surface area contributed by atoms with Gasteiger partial charge < -0.3 is 10.1 Å². The molecule has 0 radical (unpaired) electrons. The molecule has 126 valence electrons. The van der Waals surface area contributed by atoms with E-state index in [4.69, 9.17) is 4.74 Å². The summed E-state index contributed by atoms with van der Waals surface area (Å²) in [5, 5.41) is 3.50. The summed E-state index contributed by atoms with van der Waals surface area (Å²) < 4.78 is 5.89. The summed E-state index contributed by atoms with van der Waals surface area (Å²) >= 11 is 0. The van der Waals surface area contributed by atoms with Crippen LogP contribution < -0.4 is 10.1 Å². The van der Waals surface area contributed by atoms with E-state index in [-0.39, 0.29) is 0 Å². The Labute approximate surface area is 142 Å². The number of anilines is 1. The van der Waals surface area contributed by atoms with Crippen LogP contribution in [0, 0.1) is 6.92 Å². The molecule has 0 amide bonds. The number of nitrogens with one attached hydrogen (secondary N) is 1. The molecule has 0 atom stereocenters. The highest BCUT2D eigenvalue weighted by atomic mass is 16.5. The standard InChI is InChI=1S/C19H24N4O/c1-13-22-17-8-3-2-7-16(17)19(23-13)21-12-14-9-10-20-18(11-14)24-15-5-4-6-15/h9-11,15H,2-8,12H2,1H3,(H,21,22,23). The predicted molar refractivity (Wildman–Crippen MR) is 93.2 cm³/mol. The van der Waals surface area contributed by atoms with Gasteiger partial charge in [-0.15, -0.1) is 0 Å². The number of rotatable bonds is 5. The van der Waals surface area contributed by atoms with Crippen molar-refractivity contribution in [2.45, 2.75) is 64.5 Å². The Bertz CT molecular complexity index is 727. The van der Waals surface area contributed by atoms with Gasteiger partial charge in [-0.2, -0.15) is 0 Å². The number of fused-ring (bicyclic) bond motifs is 1. The van der Waals surface area contributed by atoms with E-state index in [0.29, 0.717) is 6.10 Å². The third kappa shape index (κ3) is 3.35. The molecule has 1 saturated carbocycles. The molecule has 0 spiro atoms. The number of pyridine rings is 1. The van der Waals surface area contributed by atoms with Crippen LogP contribution in [0.15, 0.2) is 18.3 Å². The Morgan fingerprint density at radius 1 is 1.17 bits per heavy atom. The third-order valence-electron chi connectivity index (χ3n) is 4.89. The van der Waals surface area contributed by atoms with Crippen molar-refractivity contribution < 1.29 is 4.74 Å². The number of ether oxygens (including phenoxy) is 1. The lowest BCUT2D eigenvalue weighted by Gasteiger charge is -2.25. The van der Waals surface area contributed by atoms with E-state index in [0.717, 1.165) is 49.8 Å². The molecule has 2 aliphatic carbocycles. The maximum Gasteiger partial charge on any atom is 0.213 e. The Hall–Kier alpha value is -2.17. The fourth-order valence-corrected chi connectivity index (χ4v) is 3.33. The van der Waals surface area contributed by atoms with Gasteiger partial charge in [0.2, 0.25) is 5.88 Å². The molecule has 5 heteroatoms. The average Bonchev–Trinajstić information content (AvgIpc) is 2.56. The van der Waals surface area contributed by atoms with E-state index in [2.05, 4.69) is 20.3 Å². The highest BCUT2D eigenvalue weighted by molar-refractivity contribution is 5.48. The fraction of sp³-hybridized carbons (Fsp3) is 0.526. The van der Waals surface area contributed by atoms with Gasteiger partial charge in [-0.25, -0.2) is 15.0 Å². The van der Waals surface area contributed by atoms with Crippen molar-refractivity contribution in [1.29, 1.82) is 0 Å². The molecule has 24 heavy (non-hydrogen) atoms. The van der Waals surface area contributed by atoms with Gasteiger partial charge in [-0.1, -0.05) is 0 Å². The first-order valence-electron chi connectivity index (χ1n) is 9.00. The summed E-state index contributed by atoms with van der Waals surface area (Å²) in [6.07, 6.45) is 10.4. The molecule has 2 aliphatic rings. The van der Waals surface area contributed by atoms with Gasteiger partial charge in [-0.05, 0) is 63.5 Å². The number of aryl methyl sites for hydroxylation is 2. The van der Waals surface area contributed by atoms with Gasteiger partial charge in [0, 0.05) is 30.1 Å². The summed E-state index contributed by atoms with van der Waals surface area (Å²) in [6, 6.07) is 4.06. The number of hydrogen-bond donors (Lipinski definition) is 1. The molecule has 1 fully saturated rings. The first-order chi connectivity index (χ1) is 11.8.